The Kier molecular flexibility index (Phi) is 14.5. The summed E-state index contributed by atoms with van der Waals surface area (Å²) in [7, 11) is 0. The molecular formula is C16H28N2O. The molecule has 0 aliphatic rings. The molecule has 1 heterocycles. The van der Waals surface area contributed by atoms with Crippen molar-refractivity contribution < 1.29 is 6.22 Å². The van der Waals surface area contributed by atoms with Crippen LogP contribution in [0.4, 0.5) is 0 Å². The number of carbonyl (C=O) groups excluding carboxylic acids is 1. The Morgan fingerprint density at radius 2 is 1.74 bits per heavy atom. The highest BCUT2D eigenvalue weighted by Gasteiger charge is 2.03. The average Bonchev–Trinajstić information content (AvgIpc) is 2.50. The average molecular weight is 264 g/mol. The molecule has 108 valence electrons. The predicted octanol–water partition coefficient (Wildman–Crippen LogP) is 4.59. The van der Waals surface area contributed by atoms with E-state index in [-0.39, 0.29) is 7.33 Å². The second kappa shape index (κ2) is 14.2. The lowest BCUT2D eigenvalue weighted by Gasteiger charge is -2.03. The number of rotatable bonds is 3. The van der Waals surface area contributed by atoms with E-state index in [1.807, 2.05) is 59.8 Å². The Balaban J connectivity index is -0.000000529. The lowest BCUT2D eigenvalue weighted by molar-refractivity contribution is 0.0966. The van der Waals surface area contributed by atoms with Gasteiger partial charge in [-0.25, -0.2) is 0 Å². The Labute approximate surface area is 118 Å². The first-order valence-electron chi connectivity index (χ1n) is 6.75. The van der Waals surface area contributed by atoms with Crippen molar-refractivity contribution in [2.75, 3.05) is 0 Å². The van der Waals surface area contributed by atoms with E-state index in [2.05, 4.69) is 10.3 Å². The third-order valence-electron chi connectivity index (χ3n) is 1.79. The number of nitrogens with zero attached hydrogens (tertiary/aromatic N) is 1. The quantitative estimate of drug-likeness (QED) is 0.811. The summed E-state index contributed by atoms with van der Waals surface area (Å²) in [5.41, 5.74) is 1.42. The number of hydrogen-bond donors (Lipinski definition) is 1. The molecule has 19 heavy (non-hydrogen) atoms. The molecule has 0 fully saturated rings. The maximum atomic E-state index is 11.6. The van der Waals surface area contributed by atoms with Gasteiger partial charge in [0.15, 0.2) is 0 Å². The number of nitrogens with one attached hydrogen (secondary N) is 1. The summed E-state index contributed by atoms with van der Waals surface area (Å²) in [6.07, 6.45) is 8.82. The molecule has 0 unspecified atom stereocenters. The molecule has 3 heteroatoms. The van der Waals surface area contributed by atoms with E-state index < -0.39 is 0 Å². The SMILES string of the molecule is C/C=C\C=C(/C)NC(=O)c1ccncc1.CC.CC.[HH]. The van der Waals surface area contributed by atoms with E-state index in [0.717, 1.165) is 5.70 Å². The third kappa shape index (κ3) is 9.77. The molecule has 1 aromatic rings. The van der Waals surface area contributed by atoms with Crippen LogP contribution in [0.15, 0.2) is 48.5 Å². The van der Waals surface area contributed by atoms with Crippen LogP contribution in [0.2, 0.25) is 0 Å². The molecule has 1 N–H and O–H groups in total. The fourth-order valence-electron chi connectivity index (χ4n) is 1.04. The fourth-order valence-corrected chi connectivity index (χ4v) is 1.04. The fraction of sp³-hybridized carbons (Fsp3) is 0.375. The zero-order chi connectivity index (χ0) is 15.1. The van der Waals surface area contributed by atoms with Crippen molar-refractivity contribution in [1.82, 2.24) is 10.3 Å². The molecular weight excluding hydrogens is 236 g/mol. The van der Waals surface area contributed by atoms with Crippen molar-refractivity contribution in [3.63, 3.8) is 0 Å². The van der Waals surface area contributed by atoms with E-state index >= 15 is 0 Å². The molecule has 0 radical (unpaired) electrons. The van der Waals surface area contributed by atoms with E-state index in [9.17, 15) is 4.79 Å². The lowest BCUT2D eigenvalue weighted by atomic mass is 10.2. The molecule has 0 saturated heterocycles. The Bertz CT molecular complexity index is 387. The van der Waals surface area contributed by atoms with Crippen LogP contribution in [0.3, 0.4) is 0 Å². The normalized spacial score (nSPS) is 9.89. The summed E-state index contributed by atoms with van der Waals surface area (Å²) in [5, 5.41) is 2.77. The number of aromatic nitrogens is 1. The van der Waals surface area contributed by atoms with Crippen molar-refractivity contribution in [1.29, 1.82) is 0 Å². The van der Waals surface area contributed by atoms with Crippen molar-refractivity contribution in [2.24, 2.45) is 0 Å². The smallest absolute Gasteiger partial charge is 0.255 e. The van der Waals surface area contributed by atoms with Gasteiger partial charge in [0.05, 0.1) is 0 Å². The first-order valence-corrected chi connectivity index (χ1v) is 6.75. The van der Waals surface area contributed by atoms with Gasteiger partial charge in [-0.2, -0.15) is 0 Å². The summed E-state index contributed by atoms with van der Waals surface area (Å²) in [6.45, 7) is 11.8. The van der Waals surface area contributed by atoms with Crippen molar-refractivity contribution in [3.05, 3.63) is 54.0 Å². The van der Waals surface area contributed by atoms with Crippen LogP contribution in [0.1, 0.15) is 53.3 Å². The van der Waals surface area contributed by atoms with Gasteiger partial charge in [-0.1, -0.05) is 39.8 Å². The first kappa shape index (κ1) is 19.4. The molecule has 1 amide bonds. The molecule has 0 spiro atoms. The topological polar surface area (TPSA) is 42.0 Å². The third-order valence-corrected chi connectivity index (χ3v) is 1.79. The van der Waals surface area contributed by atoms with Gasteiger partial charge in [-0.3, -0.25) is 9.78 Å². The maximum Gasteiger partial charge on any atom is 0.255 e. The van der Waals surface area contributed by atoms with E-state index in [4.69, 9.17) is 0 Å². The van der Waals surface area contributed by atoms with Crippen LogP contribution in [0.5, 0.6) is 0 Å². The summed E-state index contributed by atoms with van der Waals surface area (Å²) < 4.78 is 0. The Morgan fingerprint density at radius 3 is 2.21 bits per heavy atom. The van der Waals surface area contributed by atoms with Crippen LogP contribution in [-0.2, 0) is 0 Å². The summed E-state index contributed by atoms with van der Waals surface area (Å²) in [4.78, 5) is 15.5. The van der Waals surface area contributed by atoms with E-state index in [1.165, 1.54) is 0 Å². The van der Waals surface area contributed by atoms with Crippen LogP contribution in [0, 0.1) is 0 Å². The van der Waals surface area contributed by atoms with Gasteiger partial charge >= 0.3 is 0 Å². The summed E-state index contributed by atoms with van der Waals surface area (Å²) in [6, 6.07) is 3.36. The molecule has 0 aliphatic carbocycles. The van der Waals surface area contributed by atoms with Gasteiger partial charge in [-0.15, -0.1) is 0 Å². The first-order chi connectivity index (χ1) is 9.24. The predicted molar refractivity (Wildman–Crippen MR) is 85.1 cm³/mol. The molecule has 0 aliphatic heterocycles. The number of hydrogen-bond acceptors (Lipinski definition) is 2. The van der Waals surface area contributed by atoms with Crippen LogP contribution in [-0.4, -0.2) is 10.9 Å². The van der Waals surface area contributed by atoms with E-state index in [0.29, 0.717) is 5.56 Å². The minimum atomic E-state index is -0.115. The highest BCUT2D eigenvalue weighted by Crippen LogP contribution is 1.98. The van der Waals surface area contributed by atoms with Gasteiger partial charge in [0, 0.05) is 25.1 Å². The molecule has 0 bridgehead atoms. The molecule has 1 aromatic heterocycles. The van der Waals surface area contributed by atoms with Crippen LogP contribution in [0.25, 0.3) is 0 Å². The van der Waals surface area contributed by atoms with Crippen molar-refractivity contribution >= 4 is 5.91 Å². The zero-order valence-corrected chi connectivity index (χ0v) is 12.9. The van der Waals surface area contributed by atoms with Gasteiger partial charge in [-0.05, 0) is 32.1 Å². The Hall–Kier alpha value is -1.90. The van der Waals surface area contributed by atoms with Gasteiger partial charge in [0.1, 0.15) is 0 Å². The van der Waals surface area contributed by atoms with Crippen LogP contribution >= 0.6 is 0 Å². The molecule has 0 atom stereocenters. The van der Waals surface area contributed by atoms with Crippen molar-refractivity contribution in [2.45, 2.75) is 41.5 Å². The standard InChI is InChI=1S/C12H14N2O.2C2H6.H2/c1-3-4-5-10(2)14-12(15)11-6-8-13-9-7-11;2*1-2;/h3-9H,1-2H3,(H,14,15);2*1-2H3;1H/b4-3-,10-5+;;;. The van der Waals surface area contributed by atoms with Gasteiger partial charge in [0.25, 0.3) is 5.91 Å². The molecule has 0 aromatic carbocycles. The number of pyridine rings is 1. The number of carbonyl (C=O) groups is 1. The molecule has 1 rings (SSSR count). The highest BCUT2D eigenvalue weighted by molar-refractivity contribution is 5.95. The molecule has 3 nitrogen and oxygen atoms in total. The minimum Gasteiger partial charge on any atom is -0.326 e. The van der Waals surface area contributed by atoms with Crippen LogP contribution < -0.4 is 5.32 Å². The summed E-state index contributed by atoms with van der Waals surface area (Å²) >= 11 is 0. The van der Waals surface area contributed by atoms with Gasteiger partial charge < -0.3 is 5.32 Å². The van der Waals surface area contributed by atoms with Gasteiger partial charge in [0.2, 0.25) is 0 Å². The number of amides is 1. The Morgan fingerprint density at radius 1 is 1.21 bits per heavy atom. The zero-order valence-electron chi connectivity index (χ0n) is 12.9. The minimum absolute atomic E-state index is 0. The van der Waals surface area contributed by atoms with E-state index in [1.54, 1.807) is 24.5 Å². The lowest BCUT2D eigenvalue weighted by Crippen LogP contribution is -2.21. The maximum absolute atomic E-state index is 11.6. The highest BCUT2D eigenvalue weighted by atomic mass is 16.1. The second-order valence-corrected chi connectivity index (χ2v) is 3.07. The second-order valence-electron chi connectivity index (χ2n) is 3.07. The monoisotopic (exact) mass is 264 g/mol. The largest absolute Gasteiger partial charge is 0.326 e. The summed E-state index contributed by atoms with van der Waals surface area (Å²) in [5.74, 6) is -0.115. The molecule has 0 saturated carbocycles. The van der Waals surface area contributed by atoms with Crippen molar-refractivity contribution in [3.8, 4) is 0 Å². The number of allylic oxidation sites excluding steroid dienone is 4.